The lowest BCUT2D eigenvalue weighted by Crippen LogP contribution is -2.25. The molecule has 0 unspecified atom stereocenters. The molecule has 2 rings (SSSR count). The number of nitrogens with zero attached hydrogens (tertiary/aromatic N) is 1. The summed E-state index contributed by atoms with van der Waals surface area (Å²) in [5.74, 6) is 0. The molecule has 1 aliphatic rings. The number of hydrogen-bond donors (Lipinski definition) is 2. The summed E-state index contributed by atoms with van der Waals surface area (Å²) in [6.07, 6.45) is 1.63. The molecule has 0 radical (unpaired) electrons. The van der Waals surface area contributed by atoms with Gasteiger partial charge in [0, 0.05) is 6.20 Å². The molecule has 0 aromatic carbocycles. The molecule has 0 aliphatic heterocycles. The van der Waals surface area contributed by atoms with Crippen molar-refractivity contribution < 1.29 is 10.2 Å². The van der Waals surface area contributed by atoms with Crippen molar-refractivity contribution in [2.45, 2.75) is 25.0 Å². The average Bonchev–Trinajstić information content (AvgIpc) is 2.12. The van der Waals surface area contributed by atoms with Crippen molar-refractivity contribution in [3.8, 4) is 0 Å². The lowest BCUT2D eigenvalue weighted by atomic mass is 9.92. The van der Waals surface area contributed by atoms with Crippen molar-refractivity contribution in [2.75, 3.05) is 0 Å². The summed E-state index contributed by atoms with van der Waals surface area (Å²) >= 11 is 0. The maximum Gasteiger partial charge on any atom is 0.122 e. The van der Waals surface area contributed by atoms with Crippen LogP contribution < -0.4 is 0 Å². The van der Waals surface area contributed by atoms with Crippen LogP contribution in [0.2, 0.25) is 0 Å². The Balaban J connectivity index is 2.42. The zero-order valence-electron chi connectivity index (χ0n) is 6.64. The molecule has 0 saturated heterocycles. The number of hydrogen-bond acceptors (Lipinski definition) is 3. The van der Waals surface area contributed by atoms with Crippen molar-refractivity contribution in [2.24, 2.45) is 0 Å². The Morgan fingerprint density at radius 2 is 2.25 bits per heavy atom. The highest BCUT2D eigenvalue weighted by Gasteiger charge is 2.26. The molecule has 1 aromatic rings. The van der Waals surface area contributed by atoms with Crippen molar-refractivity contribution in [3.63, 3.8) is 0 Å². The van der Waals surface area contributed by atoms with Gasteiger partial charge in [-0.15, -0.1) is 0 Å². The molecular formula is C9H11NO2. The topological polar surface area (TPSA) is 53.4 Å². The summed E-state index contributed by atoms with van der Waals surface area (Å²) < 4.78 is 0. The van der Waals surface area contributed by atoms with Crippen LogP contribution in [0.5, 0.6) is 0 Å². The molecule has 12 heavy (non-hydrogen) atoms. The van der Waals surface area contributed by atoms with E-state index in [-0.39, 0.29) is 0 Å². The molecule has 2 atom stereocenters. The Morgan fingerprint density at radius 1 is 1.42 bits per heavy atom. The standard InChI is InChI=1S/C9H11NO2/c11-7-4-3-6-2-1-5-10-8(6)9(7)12/h1-2,5,7,9,11-12H,3-4H2/t7-,9-/m0/s1. The largest absolute Gasteiger partial charge is 0.390 e. The fourth-order valence-electron chi connectivity index (χ4n) is 1.57. The molecular weight excluding hydrogens is 154 g/mol. The zero-order chi connectivity index (χ0) is 8.55. The minimum Gasteiger partial charge on any atom is -0.390 e. The van der Waals surface area contributed by atoms with Gasteiger partial charge in [0.25, 0.3) is 0 Å². The summed E-state index contributed by atoms with van der Waals surface area (Å²) in [5.41, 5.74) is 1.69. The Labute approximate surface area is 70.7 Å². The van der Waals surface area contributed by atoms with Gasteiger partial charge in [-0.3, -0.25) is 4.98 Å². The average molecular weight is 165 g/mol. The summed E-state index contributed by atoms with van der Waals surface area (Å²) in [4.78, 5) is 4.04. The van der Waals surface area contributed by atoms with Crippen molar-refractivity contribution in [3.05, 3.63) is 29.6 Å². The van der Waals surface area contributed by atoms with Crippen LogP contribution in [0.15, 0.2) is 18.3 Å². The quantitative estimate of drug-likeness (QED) is 0.586. The summed E-state index contributed by atoms with van der Waals surface area (Å²) in [5, 5.41) is 18.9. The van der Waals surface area contributed by atoms with E-state index >= 15 is 0 Å². The maximum absolute atomic E-state index is 9.52. The number of pyridine rings is 1. The highest BCUT2D eigenvalue weighted by atomic mass is 16.3. The third-order valence-corrected chi connectivity index (χ3v) is 2.28. The molecule has 0 amide bonds. The molecule has 3 heteroatoms. The van der Waals surface area contributed by atoms with Gasteiger partial charge in [0.2, 0.25) is 0 Å². The monoisotopic (exact) mass is 165 g/mol. The lowest BCUT2D eigenvalue weighted by Gasteiger charge is -2.24. The van der Waals surface area contributed by atoms with Gasteiger partial charge in [0.1, 0.15) is 6.10 Å². The molecule has 0 saturated carbocycles. The van der Waals surface area contributed by atoms with E-state index in [1.807, 2.05) is 12.1 Å². The molecule has 64 valence electrons. The van der Waals surface area contributed by atoms with Crippen LogP contribution in [0.4, 0.5) is 0 Å². The highest BCUT2D eigenvalue weighted by molar-refractivity contribution is 5.25. The zero-order valence-corrected chi connectivity index (χ0v) is 6.64. The van der Waals surface area contributed by atoms with Crippen LogP contribution in [0, 0.1) is 0 Å². The number of rotatable bonds is 0. The van der Waals surface area contributed by atoms with Gasteiger partial charge in [-0.05, 0) is 24.5 Å². The number of aliphatic hydroxyl groups excluding tert-OH is 2. The second-order valence-electron chi connectivity index (χ2n) is 3.10. The van der Waals surface area contributed by atoms with Crippen LogP contribution in [0.3, 0.4) is 0 Å². The number of aryl methyl sites for hydroxylation is 1. The van der Waals surface area contributed by atoms with Crippen molar-refractivity contribution in [1.29, 1.82) is 0 Å². The molecule has 0 fully saturated rings. The second kappa shape index (κ2) is 2.84. The van der Waals surface area contributed by atoms with E-state index in [0.29, 0.717) is 12.1 Å². The number of aliphatic hydroxyl groups is 2. The fraction of sp³-hybridized carbons (Fsp3) is 0.444. The normalized spacial score (nSPS) is 28.2. The highest BCUT2D eigenvalue weighted by Crippen LogP contribution is 2.27. The molecule has 1 aromatic heterocycles. The summed E-state index contributed by atoms with van der Waals surface area (Å²) in [6.45, 7) is 0. The predicted molar refractivity (Wildman–Crippen MR) is 43.5 cm³/mol. The van der Waals surface area contributed by atoms with Crippen LogP contribution in [-0.4, -0.2) is 21.3 Å². The molecule has 3 nitrogen and oxygen atoms in total. The van der Waals surface area contributed by atoms with Gasteiger partial charge in [0.05, 0.1) is 11.8 Å². The van der Waals surface area contributed by atoms with Gasteiger partial charge in [-0.25, -0.2) is 0 Å². The number of fused-ring (bicyclic) bond motifs is 1. The van der Waals surface area contributed by atoms with E-state index in [0.717, 1.165) is 12.0 Å². The van der Waals surface area contributed by atoms with E-state index in [4.69, 9.17) is 0 Å². The minimum absolute atomic E-state index is 0.625. The minimum atomic E-state index is -0.796. The van der Waals surface area contributed by atoms with Gasteiger partial charge < -0.3 is 10.2 Å². The molecule has 2 N–H and O–H groups in total. The van der Waals surface area contributed by atoms with E-state index < -0.39 is 12.2 Å². The van der Waals surface area contributed by atoms with Gasteiger partial charge in [-0.1, -0.05) is 6.07 Å². The van der Waals surface area contributed by atoms with E-state index in [1.54, 1.807) is 6.20 Å². The molecule has 1 aliphatic carbocycles. The van der Waals surface area contributed by atoms with Crippen LogP contribution in [-0.2, 0) is 6.42 Å². The van der Waals surface area contributed by atoms with E-state index in [2.05, 4.69) is 4.98 Å². The van der Waals surface area contributed by atoms with Gasteiger partial charge in [-0.2, -0.15) is 0 Å². The Morgan fingerprint density at radius 3 is 3.08 bits per heavy atom. The first-order valence-corrected chi connectivity index (χ1v) is 4.09. The van der Waals surface area contributed by atoms with Crippen LogP contribution in [0.1, 0.15) is 23.8 Å². The smallest absolute Gasteiger partial charge is 0.122 e. The fourth-order valence-corrected chi connectivity index (χ4v) is 1.57. The maximum atomic E-state index is 9.52. The van der Waals surface area contributed by atoms with Crippen LogP contribution >= 0.6 is 0 Å². The Hall–Kier alpha value is -0.930. The SMILES string of the molecule is O[C@@H]1c2ncccc2CC[C@@H]1O. The molecule has 0 spiro atoms. The number of aromatic nitrogens is 1. The summed E-state index contributed by atoms with van der Waals surface area (Å²) in [6, 6.07) is 3.79. The lowest BCUT2D eigenvalue weighted by molar-refractivity contribution is 0.00368. The van der Waals surface area contributed by atoms with Gasteiger partial charge in [0.15, 0.2) is 0 Å². The first kappa shape index (κ1) is 7.71. The predicted octanol–water partition coefficient (Wildman–Crippen LogP) is 0.422. The van der Waals surface area contributed by atoms with E-state index in [9.17, 15) is 10.2 Å². The summed E-state index contributed by atoms with van der Waals surface area (Å²) in [7, 11) is 0. The second-order valence-corrected chi connectivity index (χ2v) is 3.10. The molecule has 1 heterocycles. The first-order valence-electron chi connectivity index (χ1n) is 4.09. The van der Waals surface area contributed by atoms with Crippen LogP contribution in [0.25, 0.3) is 0 Å². The van der Waals surface area contributed by atoms with Crippen molar-refractivity contribution >= 4 is 0 Å². The third-order valence-electron chi connectivity index (χ3n) is 2.28. The van der Waals surface area contributed by atoms with E-state index in [1.165, 1.54) is 0 Å². The molecule has 0 bridgehead atoms. The Kier molecular flexibility index (Phi) is 1.83. The van der Waals surface area contributed by atoms with Gasteiger partial charge >= 0.3 is 0 Å². The van der Waals surface area contributed by atoms with Crippen molar-refractivity contribution in [1.82, 2.24) is 4.98 Å². The third kappa shape index (κ3) is 1.11. The first-order chi connectivity index (χ1) is 5.79. The Bertz CT molecular complexity index is 288.